The number of piperazine rings is 1. The summed E-state index contributed by atoms with van der Waals surface area (Å²) in [7, 11) is 3.00. The van der Waals surface area contributed by atoms with Crippen LogP contribution in [0.2, 0.25) is 0 Å². The maximum absolute atomic E-state index is 14.3. The highest BCUT2D eigenvalue weighted by molar-refractivity contribution is 7.99. The molecule has 2 N–H and O–H groups in total. The van der Waals surface area contributed by atoms with Crippen molar-refractivity contribution in [1.29, 1.82) is 0 Å². The summed E-state index contributed by atoms with van der Waals surface area (Å²) >= 11 is 1.45. The van der Waals surface area contributed by atoms with Crippen molar-refractivity contribution in [1.82, 2.24) is 24.5 Å². The van der Waals surface area contributed by atoms with Gasteiger partial charge in [-0.05, 0) is 55.5 Å². The number of H-pyrrole nitrogens is 1. The molecular formula is C35H37FN8O6S. The Bertz CT molecular complexity index is 2040. The summed E-state index contributed by atoms with van der Waals surface area (Å²) < 4.78 is 31.8. The Balaban J connectivity index is 1.31. The number of thioether (sulfide) groups is 1. The molecule has 0 saturated carbocycles. The molecule has 1 fully saturated rings. The van der Waals surface area contributed by atoms with Crippen LogP contribution in [0.15, 0.2) is 89.1 Å². The van der Waals surface area contributed by atoms with Gasteiger partial charge in [0.25, 0.3) is 5.56 Å². The number of aromatic amines is 1. The molecule has 0 bridgehead atoms. The minimum Gasteiger partial charge on any atom is -0.497 e. The predicted molar refractivity (Wildman–Crippen MR) is 192 cm³/mol. The van der Waals surface area contributed by atoms with Gasteiger partial charge in [-0.1, -0.05) is 23.9 Å². The smallest absolute Gasteiger partial charge is 0.409 e. The van der Waals surface area contributed by atoms with E-state index in [1.807, 2.05) is 5.01 Å². The zero-order valence-electron chi connectivity index (χ0n) is 28.2. The van der Waals surface area contributed by atoms with E-state index >= 15 is 0 Å². The lowest BCUT2D eigenvalue weighted by Crippen LogP contribution is -2.57. The zero-order valence-corrected chi connectivity index (χ0v) is 29.1. The molecule has 0 spiro atoms. The van der Waals surface area contributed by atoms with E-state index in [-0.39, 0.29) is 31.1 Å². The number of nitrogens with one attached hydrogen (secondary N) is 2. The van der Waals surface area contributed by atoms with Crippen molar-refractivity contribution >= 4 is 46.2 Å². The van der Waals surface area contributed by atoms with E-state index in [1.54, 1.807) is 66.7 Å². The standard InChI is InChI=1S/C35H37FN8O6S/c1-23(43(29-13-12-26(48-2)22-30(29)49-3)34(46)39-25-10-8-24(36)9-11-25)31-40-28-7-5-4-6-27(28)32(45)44(31)42-18-16-41(17-19-42)35(47)50-20-21-51-33-37-14-15-38-33/h4-15,22-23H,16-21H2,1-3H3,(H,37,38)(H,39,46). The molecule has 14 nitrogen and oxygen atoms in total. The molecule has 6 rings (SSSR count). The van der Waals surface area contributed by atoms with Gasteiger partial charge in [-0.2, -0.15) is 0 Å². The monoisotopic (exact) mass is 716 g/mol. The number of urea groups is 1. The van der Waals surface area contributed by atoms with Gasteiger partial charge in [0.1, 0.15) is 23.9 Å². The minimum absolute atomic E-state index is 0.213. The van der Waals surface area contributed by atoms with E-state index in [4.69, 9.17) is 19.2 Å². The molecule has 1 atom stereocenters. The summed E-state index contributed by atoms with van der Waals surface area (Å²) in [5, 5.41) is 5.80. The number of ether oxygens (including phenoxy) is 3. The number of para-hydroxylation sites is 1. The summed E-state index contributed by atoms with van der Waals surface area (Å²) in [5.74, 6) is 1.21. The van der Waals surface area contributed by atoms with Gasteiger partial charge in [-0.25, -0.2) is 28.6 Å². The van der Waals surface area contributed by atoms with E-state index in [0.29, 0.717) is 52.6 Å². The third kappa shape index (κ3) is 7.85. The SMILES string of the molecule is COc1ccc(N(C(=O)Nc2ccc(F)cc2)C(C)c2nc3ccccc3c(=O)n2N2CCN(C(=O)OCCSc3ncc[nH]3)CC2)c(OC)c1. The normalized spacial score (nSPS) is 13.5. The Morgan fingerprint density at radius 3 is 2.51 bits per heavy atom. The van der Waals surface area contributed by atoms with E-state index in [9.17, 15) is 18.8 Å². The number of methoxy groups -OCH3 is 2. The highest BCUT2D eigenvalue weighted by Crippen LogP contribution is 2.37. The quantitative estimate of drug-likeness (QED) is 0.137. The van der Waals surface area contributed by atoms with Crippen molar-refractivity contribution in [3.63, 3.8) is 0 Å². The molecule has 51 heavy (non-hydrogen) atoms. The predicted octanol–water partition coefficient (Wildman–Crippen LogP) is 5.26. The molecule has 1 aliphatic heterocycles. The number of carbonyl (C=O) groups excluding carboxylic acids is 2. The summed E-state index contributed by atoms with van der Waals surface area (Å²) in [6.07, 6.45) is 2.95. The molecule has 1 unspecified atom stereocenters. The fourth-order valence-electron chi connectivity index (χ4n) is 5.76. The van der Waals surface area contributed by atoms with Crippen molar-refractivity contribution in [2.75, 3.05) is 68.0 Å². The average molecular weight is 717 g/mol. The van der Waals surface area contributed by atoms with Crippen LogP contribution < -0.4 is 30.3 Å². The Morgan fingerprint density at radius 2 is 1.80 bits per heavy atom. The summed E-state index contributed by atoms with van der Waals surface area (Å²) in [5.41, 5.74) is 0.861. The molecule has 0 radical (unpaired) electrons. The number of rotatable bonds is 11. The topological polar surface area (TPSA) is 147 Å². The van der Waals surface area contributed by atoms with Crippen LogP contribution >= 0.6 is 11.8 Å². The van der Waals surface area contributed by atoms with E-state index < -0.39 is 24.0 Å². The van der Waals surface area contributed by atoms with Gasteiger partial charge in [0.15, 0.2) is 11.0 Å². The molecule has 16 heteroatoms. The van der Waals surface area contributed by atoms with E-state index in [0.717, 1.165) is 5.16 Å². The van der Waals surface area contributed by atoms with Crippen LogP contribution in [0.3, 0.4) is 0 Å². The largest absolute Gasteiger partial charge is 0.497 e. The van der Waals surface area contributed by atoms with Crippen LogP contribution in [0.4, 0.5) is 25.4 Å². The number of hydrogen-bond acceptors (Lipinski definition) is 10. The van der Waals surface area contributed by atoms with Crippen LogP contribution in [0.5, 0.6) is 11.5 Å². The van der Waals surface area contributed by atoms with Crippen LogP contribution in [0.1, 0.15) is 18.8 Å². The summed E-state index contributed by atoms with van der Waals surface area (Å²) in [4.78, 5) is 56.5. The van der Waals surface area contributed by atoms with E-state index in [2.05, 4.69) is 15.3 Å². The second-order valence-electron chi connectivity index (χ2n) is 11.4. The third-order valence-corrected chi connectivity index (χ3v) is 9.19. The Morgan fingerprint density at radius 1 is 1.04 bits per heavy atom. The van der Waals surface area contributed by atoms with Gasteiger partial charge in [0.05, 0.1) is 49.9 Å². The van der Waals surface area contributed by atoms with Crippen molar-refractivity contribution in [2.45, 2.75) is 18.1 Å². The average Bonchev–Trinajstić information content (AvgIpc) is 3.68. The first-order chi connectivity index (χ1) is 24.8. The molecule has 2 aromatic heterocycles. The number of hydrogen-bond donors (Lipinski definition) is 2. The zero-order chi connectivity index (χ0) is 35.9. The van der Waals surface area contributed by atoms with Gasteiger partial charge in [0, 0.05) is 43.0 Å². The highest BCUT2D eigenvalue weighted by atomic mass is 32.2. The number of fused-ring (bicyclic) bond motifs is 1. The van der Waals surface area contributed by atoms with Crippen molar-refractivity contribution in [2.24, 2.45) is 0 Å². The number of carbonyl (C=O) groups is 2. The maximum Gasteiger partial charge on any atom is 0.409 e. The third-order valence-electron chi connectivity index (χ3n) is 8.32. The number of anilines is 2. The molecule has 266 valence electrons. The molecule has 1 aliphatic rings. The van der Waals surface area contributed by atoms with Crippen LogP contribution in [0, 0.1) is 5.82 Å². The van der Waals surface area contributed by atoms with Crippen molar-refractivity contribution < 1.29 is 28.2 Å². The van der Waals surface area contributed by atoms with Gasteiger partial charge >= 0.3 is 12.1 Å². The number of imidazole rings is 1. The van der Waals surface area contributed by atoms with Crippen LogP contribution in [-0.4, -0.2) is 89.4 Å². The van der Waals surface area contributed by atoms with Crippen molar-refractivity contribution in [3.8, 4) is 11.5 Å². The first-order valence-electron chi connectivity index (χ1n) is 16.2. The number of aromatic nitrogens is 4. The van der Waals surface area contributed by atoms with Crippen molar-refractivity contribution in [3.05, 3.63) is 101 Å². The van der Waals surface area contributed by atoms with Gasteiger partial charge < -0.3 is 34.4 Å². The maximum atomic E-state index is 14.3. The second-order valence-corrected chi connectivity index (χ2v) is 12.5. The summed E-state index contributed by atoms with van der Waals surface area (Å²) in [6, 6.07) is 16.0. The van der Waals surface area contributed by atoms with E-state index in [1.165, 1.54) is 59.8 Å². The lowest BCUT2D eigenvalue weighted by molar-refractivity contribution is 0.103. The number of benzene rings is 3. The molecular weight excluding hydrogens is 680 g/mol. The molecule has 3 heterocycles. The highest BCUT2D eigenvalue weighted by Gasteiger charge is 2.33. The fourth-order valence-corrected chi connectivity index (χ4v) is 6.41. The second kappa shape index (κ2) is 15.8. The number of amides is 3. The molecule has 1 saturated heterocycles. The molecule has 3 aromatic carbocycles. The summed E-state index contributed by atoms with van der Waals surface area (Å²) in [6.45, 7) is 3.14. The van der Waals surface area contributed by atoms with Gasteiger partial charge in [0.2, 0.25) is 0 Å². The van der Waals surface area contributed by atoms with Gasteiger partial charge in [-0.3, -0.25) is 9.69 Å². The lowest BCUT2D eigenvalue weighted by Gasteiger charge is -2.38. The first-order valence-corrected chi connectivity index (χ1v) is 17.1. The minimum atomic E-state index is -0.861. The first kappa shape index (κ1) is 35.1. The molecule has 0 aliphatic carbocycles. The van der Waals surface area contributed by atoms with Crippen LogP contribution in [-0.2, 0) is 4.74 Å². The Kier molecular flexibility index (Phi) is 10.9. The number of halogens is 1. The van der Waals surface area contributed by atoms with Crippen LogP contribution in [0.25, 0.3) is 10.9 Å². The Hall–Kier alpha value is -5.77. The number of nitrogens with zero attached hydrogens (tertiary/aromatic N) is 6. The molecule has 5 aromatic rings. The van der Waals surface area contributed by atoms with Gasteiger partial charge in [-0.15, -0.1) is 0 Å². The lowest BCUT2D eigenvalue weighted by atomic mass is 10.1. The fraction of sp³-hybridized carbons (Fsp3) is 0.286. The Labute approximate surface area is 297 Å². The molecule has 3 amide bonds.